The van der Waals surface area contributed by atoms with E-state index in [-0.39, 0.29) is 5.97 Å². The SMILES string of the molecule is CCCCN(CCCC)c1ccc2c(c1)Oc1cc(C)cc(C)c1C21OC(=O)c2ccccc21. The number of nitrogens with zero attached hydrogens (tertiary/aromatic N) is 1. The Labute approximate surface area is 202 Å². The number of ether oxygens (including phenoxy) is 2. The molecule has 0 aromatic heterocycles. The molecule has 2 aliphatic heterocycles. The van der Waals surface area contributed by atoms with Gasteiger partial charge in [0.1, 0.15) is 11.5 Å². The zero-order valence-corrected chi connectivity index (χ0v) is 20.6. The number of esters is 1. The third-order valence-corrected chi connectivity index (χ3v) is 7.06. The van der Waals surface area contributed by atoms with Gasteiger partial charge >= 0.3 is 5.97 Å². The third kappa shape index (κ3) is 3.48. The van der Waals surface area contributed by atoms with Crippen molar-refractivity contribution in [3.63, 3.8) is 0 Å². The standard InChI is InChI=1S/C30H33NO3/c1-5-7-15-31(16-8-6-2)22-13-14-25-26(19-22)33-27-18-20(3)17-21(4)28(27)30(25)24-12-10-9-11-23(24)29(32)34-30/h9-14,17-19H,5-8,15-16H2,1-4H3. The number of anilines is 1. The number of hydrogen-bond acceptors (Lipinski definition) is 4. The van der Waals surface area contributed by atoms with Gasteiger partial charge < -0.3 is 14.4 Å². The highest BCUT2D eigenvalue weighted by molar-refractivity contribution is 5.97. The summed E-state index contributed by atoms with van der Waals surface area (Å²) in [6, 6.07) is 18.3. The second kappa shape index (κ2) is 8.83. The molecule has 1 spiro atoms. The molecule has 0 aliphatic carbocycles. The Kier molecular flexibility index (Phi) is 5.85. The van der Waals surface area contributed by atoms with Crippen LogP contribution in [0, 0.1) is 13.8 Å². The lowest BCUT2D eigenvalue weighted by atomic mass is 9.75. The molecular weight excluding hydrogens is 422 g/mol. The molecule has 0 bridgehead atoms. The van der Waals surface area contributed by atoms with Gasteiger partial charge in [-0.15, -0.1) is 0 Å². The van der Waals surface area contributed by atoms with Crippen molar-refractivity contribution in [1.29, 1.82) is 0 Å². The van der Waals surface area contributed by atoms with Crippen molar-refractivity contribution in [3.05, 3.63) is 88.0 Å². The molecule has 176 valence electrons. The topological polar surface area (TPSA) is 38.8 Å². The fraction of sp³-hybridized carbons (Fsp3) is 0.367. The summed E-state index contributed by atoms with van der Waals surface area (Å²) in [7, 11) is 0. The number of unbranched alkanes of at least 4 members (excludes halogenated alkanes) is 2. The number of aryl methyl sites for hydroxylation is 2. The van der Waals surface area contributed by atoms with Crippen LogP contribution in [0.25, 0.3) is 0 Å². The van der Waals surface area contributed by atoms with Crippen molar-refractivity contribution in [2.75, 3.05) is 18.0 Å². The van der Waals surface area contributed by atoms with E-state index in [0.717, 1.165) is 83.8 Å². The summed E-state index contributed by atoms with van der Waals surface area (Å²) in [5.74, 6) is 1.24. The van der Waals surface area contributed by atoms with Crippen LogP contribution in [-0.4, -0.2) is 19.1 Å². The van der Waals surface area contributed by atoms with Crippen LogP contribution in [0.5, 0.6) is 11.5 Å². The molecule has 0 radical (unpaired) electrons. The van der Waals surface area contributed by atoms with Crippen molar-refractivity contribution in [2.45, 2.75) is 59.0 Å². The van der Waals surface area contributed by atoms with Gasteiger partial charge in [0.25, 0.3) is 0 Å². The maximum Gasteiger partial charge on any atom is 0.340 e. The molecule has 34 heavy (non-hydrogen) atoms. The van der Waals surface area contributed by atoms with Gasteiger partial charge in [-0.1, -0.05) is 51.0 Å². The first-order valence-electron chi connectivity index (χ1n) is 12.5. The van der Waals surface area contributed by atoms with Gasteiger partial charge in [-0.25, -0.2) is 4.79 Å². The van der Waals surface area contributed by atoms with E-state index >= 15 is 0 Å². The van der Waals surface area contributed by atoms with Gasteiger partial charge in [0.2, 0.25) is 0 Å². The first kappa shape index (κ1) is 22.5. The molecule has 0 saturated carbocycles. The van der Waals surface area contributed by atoms with E-state index in [2.05, 4.69) is 62.9 Å². The maximum atomic E-state index is 13.1. The smallest absolute Gasteiger partial charge is 0.340 e. The molecular formula is C30H33NO3. The lowest BCUT2D eigenvalue weighted by Crippen LogP contribution is -2.34. The summed E-state index contributed by atoms with van der Waals surface area (Å²) >= 11 is 0. The molecule has 0 N–H and O–H groups in total. The molecule has 1 atom stereocenters. The Morgan fingerprint density at radius 3 is 2.32 bits per heavy atom. The van der Waals surface area contributed by atoms with E-state index in [4.69, 9.17) is 9.47 Å². The van der Waals surface area contributed by atoms with Crippen LogP contribution in [0.1, 0.15) is 77.7 Å². The summed E-state index contributed by atoms with van der Waals surface area (Å²) in [6.07, 6.45) is 4.62. The summed E-state index contributed by atoms with van der Waals surface area (Å²) in [4.78, 5) is 15.5. The van der Waals surface area contributed by atoms with Crippen LogP contribution in [0.15, 0.2) is 54.6 Å². The summed E-state index contributed by atoms with van der Waals surface area (Å²) in [5, 5.41) is 0. The molecule has 4 heteroatoms. The fourth-order valence-corrected chi connectivity index (χ4v) is 5.47. The van der Waals surface area contributed by atoms with E-state index in [1.165, 1.54) is 0 Å². The fourth-order valence-electron chi connectivity index (χ4n) is 5.47. The highest BCUT2D eigenvalue weighted by Gasteiger charge is 2.54. The van der Waals surface area contributed by atoms with Crippen LogP contribution in [-0.2, 0) is 10.3 Å². The second-order valence-electron chi connectivity index (χ2n) is 9.55. The van der Waals surface area contributed by atoms with Crippen molar-refractivity contribution in [1.82, 2.24) is 0 Å². The monoisotopic (exact) mass is 455 g/mol. The number of benzene rings is 3. The van der Waals surface area contributed by atoms with Gasteiger partial charge in [-0.3, -0.25) is 0 Å². The van der Waals surface area contributed by atoms with Crippen LogP contribution >= 0.6 is 0 Å². The lowest BCUT2D eigenvalue weighted by molar-refractivity contribution is 0.0222. The second-order valence-corrected chi connectivity index (χ2v) is 9.55. The summed E-state index contributed by atoms with van der Waals surface area (Å²) in [6.45, 7) is 10.6. The zero-order valence-electron chi connectivity index (χ0n) is 20.6. The van der Waals surface area contributed by atoms with Gasteiger partial charge in [0.15, 0.2) is 5.60 Å². The minimum absolute atomic E-state index is 0.286. The van der Waals surface area contributed by atoms with Crippen LogP contribution in [0.2, 0.25) is 0 Å². The first-order chi connectivity index (χ1) is 16.5. The number of carbonyl (C=O) groups excluding carboxylic acids is 1. The Balaban J connectivity index is 1.71. The molecule has 1 unspecified atom stereocenters. The van der Waals surface area contributed by atoms with E-state index in [1.54, 1.807) is 0 Å². The lowest BCUT2D eigenvalue weighted by Gasteiger charge is -2.38. The summed E-state index contributed by atoms with van der Waals surface area (Å²) in [5.41, 5.74) is 5.66. The molecule has 0 fully saturated rings. The van der Waals surface area contributed by atoms with Crippen LogP contribution < -0.4 is 9.64 Å². The Morgan fingerprint density at radius 1 is 0.853 bits per heavy atom. The van der Waals surface area contributed by atoms with E-state index in [9.17, 15) is 4.79 Å². The first-order valence-corrected chi connectivity index (χ1v) is 12.5. The average molecular weight is 456 g/mol. The number of hydrogen-bond donors (Lipinski definition) is 0. The molecule has 5 rings (SSSR count). The van der Waals surface area contributed by atoms with E-state index in [0.29, 0.717) is 5.56 Å². The van der Waals surface area contributed by atoms with Crippen LogP contribution in [0.3, 0.4) is 0 Å². The number of carbonyl (C=O) groups is 1. The molecule has 0 saturated heterocycles. The molecule has 3 aromatic carbocycles. The van der Waals surface area contributed by atoms with Gasteiger partial charge in [-0.2, -0.15) is 0 Å². The molecule has 3 aromatic rings. The quantitative estimate of drug-likeness (QED) is 0.351. The van der Waals surface area contributed by atoms with Gasteiger partial charge in [0, 0.05) is 36.0 Å². The minimum atomic E-state index is -0.995. The van der Waals surface area contributed by atoms with E-state index < -0.39 is 5.60 Å². The highest BCUT2D eigenvalue weighted by atomic mass is 16.6. The van der Waals surface area contributed by atoms with Crippen LogP contribution in [0.4, 0.5) is 5.69 Å². The predicted molar refractivity (Wildman–Crippen MR) is 136 cm³/mol. The minimum Gasteiger partial charge on any atom is -0.456 e. The van der Waals surface area contributed by atoms with Gasteiger partial charge in [-0.05, 0) is 62.1 Å². The summed E-state index contributed by atoms with van der Waals surface area (Å²) < 4.78 is 12.9. The van der Waals surface area contributed by atoms with Crippen molar-refractivity contribution < 1.29 is 14.3 Å². The van der Waals surface area contributed by atoms with Crippen molar-refractivity contribution in [3.8, 4) is 11.5 Å². The molecule has 4 nitrogen and oxygen atoms in total. The average Bonchev–Trinajstić information content (AvgIpc) is 3.11. The molecule has 2 aliphatic rings. The van der Waals surface area contributed by atoms with Crippen molar-refractivity contribution in [2.24, 2.45) is 0 Å². The van der Waals surface area contributed by atoms with Crippen molar-refractivity contribution >= 4 is 11.7 Å². The molecule has 0 amide bonds. The molecule has 2 heterocycles. The third-order valence-electron chi connectivity index (χ3n) is 7.06. The predicted octanol–water partition coefficient (Wildman–Crippen LogP) is 7.28. The Bertz CT molecular complexity index is 1240. The largest absolute Gasteiger partial charge is 0.456 e. The Morgan fingerprint density at radius 2 is 1.59 bits per heavy atom. The highest BCUT2D eigenvalue weighted by Crippen LogP contribution is 2.57. The maximum absolute atomic E-state index is 13.1. The normalized spacial score (nSPS) is 17.6. The van der Waals surface area contributed by atoms with Gasteiger partial charge in [0.05, 0.1) is 11.1 Å². The number of fused-ring (bicyclic) bond motifs is 6. The zero-order chi connectivity index (χ0) is 23.9. The van der Waals surface area contributed by atoms with E-state index in [1.807, 2.05) is 24.3 Å². The Hall–Kier alpha value is -3.27. The number of rotatable bonds is 7.